The predicted molar refractivity (Wildman–Crippen MR) is 34.8 cm³/mol. The molecule has 52 valence electrons. The van der Waals surface area contributed by atoms with Crippen molar-refractivity contribution < 1.29 is 9.84 Å². The Kier molecular flexibility index (Phi) is 1.88. The van der Waals surface area contributed by atoms with E-state index in [0.29, 0.717) is 12.5 Å². The summed E-state index contributed by atoms with van der Waals surface area (Å²) in [5.74, 6) is 0.544. The standard InChI is InChI=1S/C7H12O2/c1-3-6-4-9-7(8)5(6)2/h3,5-8H,1,4H2,2H3. The predicted octanol–water partition coefficient (Wildman–Crippen LogP) is 0.773. The van der Waals surface area contributed by atoms with E-state index in [2.05, 4.69) is 6.58 Å². The molecule has 0 spiro atoms. The molecule has 1 aliphatic heterocycles. The Hall–Kier alpha value is -0.340. The molecule has 0 saturated carbocycles. The SMILES string of the molecule is C=CC1COC(O)C1C. The zero-order valence-corrected chi connectivity index (χ0v) is 5.58. The van der Waals surface area contributed by atoms with Crippen molar-refractivity contribution in [2.24, 2.45) is 11.8 Å². The number of hydrogen-bond acceptors (Lipinski definition) is 2. The summed E-state index contributed by atoms with van der Waals surface area (Å²) in [6.45, 7) is 6.22. The van der Waals surface area contributed by atoms with Gasteiger partial charge in [-0.05, 0) is 0 Å². The van der Waals surface area contributed by atoms with Crippen LogP contribution in [0.2, 0.25) is 0 Å². The van der Waals surface area contributed by atoms with E-state index in [0.717, 1.165) is 0 Å². The molecule has 1 aliphatic rings. The first-order valence-electron chi connectivity index (χ1n) is 3.18. The van der Waals surface area contributed by atoms with Crippen molar-refractivity contribution in [2.75, 3.05) is 6.61 Å². The summed E-state index contributed by atoms with van der Waals surface area (Å²) in [7, 11) is 0. The maximum Gasteiger partial charge on any atom is 0.157 e. The lowest BCUT2D eigenvalue weighted by atomic mass is 9.97. The van der Waals surface area contributed by atoms with E-state index >= 15 is 0 Å². The largest absolute Gasteiger partial charge is 0.368 e. The topological polar surface area (TPSA) is 29.5 Å². The molecule has 0 aromatic carbocycles. The first kappa shape index (κ1) is 6.78. The second-order valence-corrected chi connectivity index (χ2v) is 2.48. The van der Waals surface area contributed by atoms with Crippen LogP contribution in [0.4, 0.5) is 0 Å². The van der Waals surface area contributed by atoms with Gasteiger partial charge in [-0.15, -0.1) is 6.58 Å². The monoisotopic (exact) mass is 128 g/mol. The molecule has 0 aliphatic carbocycles. The van der Waals surface area contributed by atoms with Crippen LogP contribution in [0.25, 0.3) is 0 Å². The van der Waals surface area contributed by atoms with Crippen LogP contribution in [0, 0.1) is 11.8 Å². The zero-order chi connectivity index (χ0) is 6.85. The second-order valence-electron chi connectivity index (χ2n) is 2.48. The summed E-state index contributed by atoms with van der Waals surface area (Å²) < 4.78 is 4.95. The summed E-state index contributed by atoms with van der Waals surface area (Å²) in [6, 6.07) is 0. The Labute approximate surface area is 55.1 Å². The fraction of sp³-hybridized carbons (Fsp3) is 0.714. The number of ether oxygens (including phenoxy) is 1. The van der Waals surface area contributed by atoms with E-state index in [-0.39, 0.29) is 5.92 Å². The van der Waals surface area contributed by atoms with Crippen LogP contribution in [-0.2, 0) is 4.74 Å². The molecule has 1 heterocycles. The molecular weight excluding hydrogens is 116 g/mol. The molecule has 0 amide bonds. The van der Waals surface area contributed by atoms with Crippen molar-refractivity contribution in [1.29, 1.82) is 0 Å². The molecule has 0 radical (unpaired) electrons. The first-order chi connectivity index (χ1) is 4.25. The van der Waals surface area contributed by atoms with Gasteiger partial charge in [-0.2, -0.15) is 0 Å². The van der Waals surface area contributed by atoms with Gasteiger partial charge in [0.25, 0.3) is 0 Å². The molecule has 0 bridgehead atoms. The van der Waals surface area contributed by atoms with Crippen molar-refractivity contribution in [3.8, 4) is 0 Å². The summed E-state index contributed by atoms with van der Waals surface area (Å²) in [5.41, 5.74) is 0. The fourth-order valence-corrected chi connectivity index (χ4v) is 1.01. The number of rotatable bonds is 1. The Morgan fingerprint density at radius 3 is 2.67 bits per heavy atom. The minimum absolute atomic E-state index is 0.211. The molecule has 1 N–H and O–H groups in total. The highest BCUT2D eigenvalue weighted by Gasteiger charge is 2.29. The lowest BCUT2D eigenvalue weighted by molar-refractivity contribution is -0.0786. The maximum absolute atomic E-state index is 9.03. The molecule has 3 unspecified atom stereocenters. The quantitative estimate of drug-likeness (QED) is 0.528. The van der Waals surface area contributed by atoms with Crippen molar-refractivity contribution in [1.82, 2.24) is 0 Å². The number of hydrogen-bond donors (Lipinski definition) is 1. The van der Waals surface area contributed by atoms with Crippen LogP contribution >= 0.6 is 0 Å². The second kappa shape index (κ2) is 2.50. The molecule has 9 heavy (non-hydrogen) atoms. The Morgan fingerprint density at radius 2 is 2.44 bits per heavy atom. The summed E-state index contributed by atoms with van der Waals surface area (Å²) >= 11 is 0. The lowest BCUT2D eigenvalue weighted by Gasteiger charge is -2.08. The van der Waals surface area contributed by atoms with Gasteiger partial charge in [-0.25, -0.2) is 0 Å². The summed E-state index contributed by atoms with van der Waals surface area (Å²) in [4.78, 5) is 0. The molecular formula is C7H12O2. The van der Waals surface area contributed by atoms with E-state index < -0.39 is 6.29 Å². The van der Waals surface area contributed by atoms with Gasteiger partial charge in [0.1, 0.15) is 0 Å². The van der Waals surface area contributed by atoms with E-state index in [1.165, 1.54) is 0 Å². The molecule has 3 atom stereocenters. The van der Waals surface area contributed by atoms with E-state index in [1.54, 1.807) is 0 Å². The minimum atomic E-state index is -0.576. The summed E-state index contributed by atoms with van der Waals surface area (Å²) in [5, 5.41) is 9.03. The van der Waals surface area contributed by atoms with Crippen molar-refractivity contribution >= 4 is 0 Å². The highest BCUT2D eigenvalue weighted by molar-refractivity contribution is 4.87. The third-order valence-corrected chi connectivity index (χ3v) is 1.89. The maximum atomic E-state index is 9.03. The Morgan fingerprint density at radius 1 is 1.78 bits per heavy atom. The molecule has 2 heteroatoms. The lowest BCUT2D eigenvalue weighted by Crippen LogP contribution is -2.14. The normalized spacial score (nSPS) is 43.1. The zero-order valence-electron chi connectivity index (χ0n) is 5.58. The number of aliphatic hydroxyl groups is 1. The average molecular weight is 128 g/mol. The minimum Gasteiger partial charge on any atom is -0.368 e. The van der Waals surface area contributed by atoms with Gasteiger partial charge >= 0.3 is 0 Å². The fourth-order valence-electron chi connectivity index (χ4n) is 1.01. The molecule has 0 aromatic heterocycles. The molecule has 0 aromatic rings. The van der Waals surface area contributed by atoms with Crippen molar-refractivity contribution in [3.05, 3.63) is 12.7 Å². The molecule has 2 nitrogen and oxygen atoms in total. The van der Waals surface area contributed by atoms with Gasteiger partial charge < -0.3 is 9.84 Å². The van der Waals surface area contributed by atoms with Gasteiger partial charge in [0.2, 0.25) is 0 Å². The van der Waals surface area contributed by atoms with E-state index in [9.17, 15) is 0 Å². The highest BCUT2D eigenvalue weighted by Crippen LogP contribution is 2.25. The van der Waals surface area contributed by atoms with Crippen LogP contribution in [-0.4, -0.2) is 18.0 Å². The molecule has 1 rings (SSSR count). The number of aliphatic hydroxyl groups excluding tert-OH is 1. The van der Waals surface area contributed by atoms with Gasteiger partial charge in [0, 0.05) is 11.8 Å². The summed E-state index contributed by atoms with van der Waals surface area (Å²) in [6.07, 6.45) is 1.26. The van der Waals surface area contributed by atoms with Crippen molar-refractivity contribution in [3.63, 3.8) is 0 Å². The first-order valence-corrected chi connectivity index (χ1v) is 3.18. The van der Waals surface area contributed by atoms with Crippen LogP contribution in [0.15, 0.2) is 12.7 Å². The van der Waals surface area contributed by atoms with E-state index in [4.69, 9.17) is 9.84 Å². The van der Waals surface area contributed by atoms with Crippen LogP contribution < -0.4 is 0 Å². The van der Waals surface area contributed by atoms with Crippen LogP contribution in [0.3, 0.4) is 0 Å². The van der Waals surface area contributed by atoms with Gasteiger partial charge in [-0.3, -0.25) is 0 Å². The van der Waals surface area contributed by atoms with Crippen LogP contribution in [0.5, 0.6) is 0 Å². The highest BCUT2D eigenvalue weighted by atomic mass is 16.6. The average Bonchev–Trinajstić information content (AvgIpc) is 2.15. The van der Waals surface area contributed by atoms with Gasteiger partial charge in [0.05, 0.1) is 6.61 Å². The molecule has 1 saturated heterocycles. The third-order valence-electron chi connectivity index (χ3n) is 1.89. The van der Waals surface area contributed by atoms with E-state index in [1.807, 2.05) is 13.0 Å². The Bertz CT molecular complexity index is 111. The molecule has 1 fully saturated rings. The third kappa shape index (κ3) is 1.14. The van der Waals surface area contributed by atoms with Gasteiger partial charge in [-0.1, -0.05) is 13.0 Å². The Balaban J connectivity index is 2.50. The van der Waals surface area contributed by atoms with Crippen molar-refractivity contribution in [2.45, 2.75) is 13.2 Å². The van der Waals surface area contributed by atoms with Gasteiger partial charge in [0.15, 0.2) is 6.29 Å². The van der Waals surface area contributed by atoms with Crippen LogP contribution in [0.1, 0.15) is 6.92 Å². The smallest absolute Gasteiger partial charge is 0.157 e.